The molecule has 1 aromatic rings. The summed E-state index contributed by atoms with van der Waals surface area (Å²) in [6.07, 6.45) is 6.42. The second-order valence-corrected chi connectivity index (χ2v) is 5.92. The predicted octanol–water partition coefficient (Wildman–Crippen LogP) is 3.62. The van der Waals surface area contributed by atoms with Gasteiger partial charge in [-0.2, -0.15) is 0 Å². The summed E-state index contributed by atoms with van der Waals surface area (Å²) in [7, 11) is 0. The normalized spacial score (nSPS) is 23.1. The van der Waals surface area contributed by atoms with Gasteiger partial charge in [0.2, 0.25) is 5.91 Å². The standard InChI is InChI=1S/C17H25NO/c1-13-6-5-8-15(12-13)10-11-17(19)18-16-9-4-3-7-14(16)2/h5-6,8,12,14,16H,3-4,7,9-11H2,1-2H3,(H,18,19). The van der Waals surface area contributed by atoms with Crippen molar-refractivity contribution >= 4 is 5.91 Å². The van der Waals surface area contributed by atoms with E-state index in [0.29, 0.717) is 18.4 Å². The Morgan fingerprint density at radius 2 is 2.11 bits per heavy atom. The largest absolute Gasteiger partial charge is 0.353 e. The maximum atomic E-state index is 12.0. The van der Waals surface area contributed by atoms with Gasteiger partial charge in [0.15, 0.2) is 0 Å². The SMILES string of the molecule is Cc1cccc(CCC(=O)NC2CCCCC2C)c1. The lowest BCUT2D eigenvalue weighted by atomic mass is 9.86. The van der Waals surface area contributed by atoms with Gasteiger partial charge in [0.1, 0.15) is 0 Å². The average molecular weight is 259 g/mol. The summed E-state index contributed by atoms with van der Waals surface area (Å²) in [5, 5.41) is 3.21. The Kier molecular flexibility index (Phi) is 5.00. The summed E-state index contributed by atoms with van der Waals surface area (Å²) >= 11 is 0. The number of hydrogen-bond donors (Lipinski definition) is 1. The lowest BCUT2D eigenvalue weighted by Crippen LogP contribution is -2.41. The zero-order valence-electron chi connectivity index (χ0n) is 12.1. The van der Waals surface area contributed by atoms with Crippen LogP contribution >= 0.6 is 0 Å². The number of rotatable bonds is 4. The summed E-state index contributed by atoms with van der Waals surface area (Å²) in [5.74, 6) is 0.844. The van der Waals surface area contributed by atoms with E-state index < -0.39 is 0 Å². The maximum absolute atomic E-state index is 12.0. The molecule has 1 N–H and O–H groups in total. The zero-order valence-corrected chi connectivity index (χ0v) is 12.1. The molecule has 0 bridgehead atoms. The van der Waals surface area contributed by atoms with Crippen LogP contribution in [0.5, 0.6) is 0 Å². The molecule has 0 aromatic heterocycles. The fraction of sp³-hybridized carbons (Fsp3) is 0.588. The van der Waals surface area contributed by atoms with Crippen molar-refractivity contribution in [1.29, 1.82) is 0 Å². The van der Waals surface area contributed by atoms with Gasteiger partial charge in [-0.1, -0.05) is 49.6 Å². The van der Waals surface area contributed by atoms with Crippen molar-refractivity contribution in [2.24, 2.45) is 5.92 Å². The lowest BCUT2D eigenvalue weighted by Gasteiger charge is -2.29. The fourth-order valence-corrected chi connectivity index (χ4v) is 2.94. The summed E-state index contributed by atoms with van der Waals surface area (Å²) in [4.78, 5) is 12.0. The zero-order chi connectivity index (χ0) is 13.7. The first-order valence-electron chi connectivity index (χ1n) is 7.50. The minimum atomic E-state index is 0.209. The quantitative estimate of drug-likeness (QED) is 0.879. The van der Waals surface area contributed by atoms with Gasteiger partial charge in [-0.3, -0.25) is 4.79 Å². The lowest BCUT2D eigenvalue weighted by molar-refractivity contribution is -0.122. The van der Waals surface area contributed by atoms with Crippen LogP contribution < -0.4 is 5.32 Å². The first-order chi connectivity index (χ1) is 9.15. The van der Waals surface area contributed by atoms with Crippen LogP contribution in [0.4, 0.5) is 0 Å². The Morgan fingerprint density at radius 3 is 2.84 bits per heavy atom. The summed E-state index contributed by atoms with van der Waals surface area (Å²) in [6.45, 7) is 4.35. The molecule has 2 nitrogen and oxygen atoms in total. The van der Waals surface area contributed by atoms with E-state index >= 15 is 0 Å². The van der Waals surface area contributed by atoms with E-state index in [1.165, 1.54) is 30.4 Å². The van der Waals surface area contributed by atoms with Crippen LogP contribution in [0.3, 0.4) is 0 Å². The fourth-order valence-electron chi connectivity index (χ4n) is 2.94. The highest BCUT2D eigenvalue weighted by molar-refractivity contribution is 5.76. The van der Waals surface area contributed by atoms with Gasteiger partial charge >= 0.3 is 0 Å². The van der Waals surface area contributed by atoms with Gasteiger partial charge in [0.25, 0.3) is 0 Å². The molecule has 1 aliphatic carbocycles. The highest BCUT2D eigenvalue weighted by Crippen LogP contribution is 2.23. The molecule has 104 valence electrons. The summed E-state index contributed by atoms with van der Waals surface area (Å²) in [5.41, 5.74) is 2.52. The first kappa shape index (κ1) is 14.1. The first-order valence-corrected chi connectivity index (χ1v) is 7.50. The second-order valence-electron chi connectivity index (χ2n) is 5.92. The summed E-state index contributed by atoms with van der Waals surface area (Å²) < 4.78 is 0. The molecule has 0 saturated heterocycles. The summed E-state index contributed by atoms with van der Waals surface area (Å²) in [6, 6.07) is 8.82. The van der Waals surface area contributed by atoms with Gasteiger partial charge in [-0.05, 0) is 37.7 Å². The van der Waals surface area contributed by atoms with Gasteiger partial charge in [-0.15, -0.1) is 0 Å². The Balaban J connectivity index is 1.78. The highest BCUT2D eigenvalue weighted by Gasteiger charge is 2.22. The highest BCUT2D eigenvalue weighted by atomic mass is 16.1. The van der Waals surface area contributed by atoms with E-state index in [4.69, 9.17) is 0 Å². The minimum absolute atomic E-state index is 0.209. The van der Waals surface area contributed by atoms with Crippen LogP contribution in [-0.4, -0.2) is 11.9 Å². The average Bonchev–Trinajstić information content (AvgIpc) is 2.39. The molecule has 1 aliphatic rings. The minimum Gasteiger partial charge on any atom is -0.353 e. The van der Waals surface area contributed by atoms with Gasteiger partial charge in [0, 0.05) is 12.5 Å². The van der Waals surface area contributed by atoms with E-state index in [1.807, 2.05) is 0 Å². The maximum Gasteiger partial charge on any atom is 0.220 e. The van der Waals surface area contributed by atoms with Crippen molar-refractivity contribution in [2.75, 3.05) is 0 Å². The molecule has 2 heteroatoms. The molecular weight excluding hydrogens is 234 g/mol. The van der Waals surface area contributed by atoms with Crippen molar-refractivity contribution in [1.82, 2.24) is 5.32 Å². The van der Waals surface area contributed by atoms with E-state index in [-0.39, 0.29) is 5.91 Å². The number of nitrogens with one attached hydrogen (secondary N) is 1. The molecule has 0 aliphatic heterocycles. The topological polar surface area (TPSA) is 29.1 Å². The monoisotopic (exact) mass is 259 g/mol. The second kappa shape index (κ2) is 6.74. The Bertz CT molecular complexity index is 427. The third-order valence-corrected chi connectivity index (χ3v) is 4.18. The Hall–Kier alpha value is -1.31. The predicted molar refractivity (Wildman–Crippen MR) is 79.1 cm³/mol. The molecular formula is C17H25NO. The van der Waals surface area contributed by atoms with Crippen LogP contribution in [-0.2, 0) is 11.2 Å². The van der Waals surface area contributed by atoms with Crippen molar-refractivity contribution in [3.63, 3.8) is 0 Å². The van der Waals surface area contributed by atoms with Crippen LogP contribution in [0.25, 0.3) is 0 Å². The number of carbonyl (C=O) groups excluding carboxylic acids is 1. The molecule has 0 spiro atoms. The van der Waals surface area contributed by atoms with E-state index in [2.05, 4.69) is 43.4 Å². The molecule has 1 saturated carbocycles. The molecule has 2 rings (SSSR count). The van der Waals surface area contributed by atoms with Crippen molar-refractivity contribution in [3.05, 3.63) is 35.4 Å². The number of carbonyl (C=O) groups is 1. The molecule has 1 amide bonds. The number of aryl methyl sites for hydroxylation is 2. The molecule has 2 atom stereocenters. The van der Waals surface area contributed by atoms with E-state index in [0.717, 1.165) is 12.8 Å². The van der Waals surface area contributed by atoms with Crippen molar-refractivity contribution in [3.8, 4) is 0 Å². The molecule has 2 unspecified atom stereocenters. The van der Waals surface area contributed by atoms with Crippen LogP contribution in [0.2, 0.25) is 0 Å². The Labute approximate surface area is 116 Å². The van der Waals surface area contributed by atoms with Crippen molar-refractivity contribution in [2.45, 2.75) is 58.4 Å². The third-order valence-electron chi connectivity index (χ3n) is 4.18. The number of amides is 1. The van der Waals surface area contributed by atoms with Gasteiger partial charge < -0.3 is 5.32 Å². The smallest absolute Gasteiger partial charge is 0.220 e. The number of benzene rings is 1. The van der Waals surface area contributed by atoms with Crippen LogP contribution in [0, 0.1) is 12.8 Å². The molecule has 1 fully saturated rings. The van der Waals surface area contributed by atoms with E-state index in [9.17, 15) is 4.79 Å². The van der Waals surface area contributed by atoms with Gasteiger partial charge in [-0.25, -0.2) is 0 Å². The van der Waals surface area contributed by atoms with Crippen molar-refractivity contribution < 1.29 is 4.79 Å². The van der Waals surface area contributed by atoms with Crippen LogP contribution in [0.1, 0.15) is 50.2 Å². The van der Waals surface area contributed by atoms with Crippen LogP contribution in [0.15, 0.2) is 24.3 Å². The molecule has 19 heavy (non-hydrogen) atoms. The molecule has 1 aromatic carbocycles. The number of hydrogen-bond acceptors (Lipinski definition) is 1. The van der Waals surface area contributed by atoms with E-state index in [1.54, 1.807) is 0 Å². The molecule has 0 heterocycles. The Morgan fingerprint density at radius 1 is 1.32 bits per heavy atom. The third kappa shape index (κ3) is 4.38. The molecule has 0 radical (unpaired) electrons. The van der Waals surface area contributed by atoms with Gasteiger partial charge in [0.05, 0.1) is 0 Å².